The van der Waals surface area contributed by atoms with E-state index in [4.69, 9.17) is 0 Å². The Morgan fingerprint density at radius 3 is 2.87 bits per heavy atom. The molecule has 2 unspecified atom stereocenters. The van der Waals surface area contributed by atoms with Crippen molar-refractivity contribution >= 4 is 0 Å². The van der Waals surface area contributed by atoms with Crippen LogP contribution in [0.25, 0.3) is 0 Å². The van der Waals surface area contributed by atoms with Gasteiger partial charge in [0, 0.05) is 25.7 Å². The number of nitrogens with one attached hydrogen (secondary N) is 1. The summed E-state index contributed by atoms with van der Waals surface area (Å²) in [6, 6.07) is 0.508. The summed E-state index contributed by atoms with van der Waals surface area (Å²) in [5.74, 6) is 0. The van der Waals surface area contributed by atoms with Crippen LogP contribution in [0.15, 0.2) is 0 Å². The van der Waals surface area contributed by atoms with Crippen molar-refractivity contribution < 1.29 is 5.11 Å². The van der Waals surface area contributed by atoms with Crippen LogP contribution in [0.3, 0.4) is 0 Å². The highest BCUT2D eigenvalue weighted by Gasteiger charge is 2.29. The van der Waals surface area contributed by atoms with E-state index in [0.29, 0.717) is 11.5 Å². The molecule has 0 aromatic rings. The van der Waals surface area contributed by atoms with Gasteiger partial charge in [-0.1, -0.05) is 13.8 Å². The van der Waals surface area contributed by atoms with E-state index in [-0.39, 0.29) is 6.10 Å². The zero-order valence-electron chi connectivity index (χ0n) is 10.00. The summed E-state index contributed by atoms with van der Waals surface area (Å²) >= 11 is 0. The van der Waals surface area contributed by atoms with Crippen molar-refractivity contribution in [3.05, 3.63) is 0 Å². The van der Waals surface area contributed by atoms with E-state index >= 15 is 0 Å². The molecule has 0 radical (unpaired) electrons. The Balaban J connectivity index is 1.79. The lowest BCUT2D eigenvalue weighted by molar-refractivity contribution is 0.107. The van der Waals surface area contributed by atoms with Gasteiger partial charge in [-0.15, -0.1) is 0 Å². The molecule has 15 heavy (non-hydrogen) atoms. The summed E-state index contributed by atoms with van der Waals surface area (Å²) < 4.78 is 0. The first kappa shape index (κ1) is 11.4. The average Bonchev–Trinajstić information content (AvgIpc) is 2.49. The molecule has 2 heterocycles. The summed E-state index contributed by atoms with van der Waals surface area (Å²) in [6.45, 7) is 9.05. The van der Waals surface area contributed by atoms with Crippen LogP contribution in [-0.4, -0.2) is 48.3 Å². The smallest absolute Gasteiger partial charge is 0.0680 e. The van der Waals surface area contributed by atoms with Gasteiger partial charge in [-0.3, -0.25) is 0 Å². The number of aliphatic hydroxyl groups excluding tert-OH is 1. The number of nitrogens with zero attached hydrogens (tertiary/aromatic N) is 1. The maximum atomic E-state index is 9.45. The maximum absolute atomic E-state index is 9.45. The van der Waals surface area contributed by atoms with Gasteiger partial charge in [-0.05, 0) is 31.2 Å². The molecule has 88 valence electrons. The molecule has 0 bridgehead atoms. The summed E-state index contributed by atoms with van der Waals surface area (Å²) in [4.78, 5) is 2.55. The third-order valence-corrected chi connectivity index (χ3v) is 3.66. The summed E-state index contributed by atoms with van der Waals surface area (Å²) in [5, 5.41) is 12.8. The Morgan fingerprint density at radius 1 is 1.47 bits per heavy atom. The quantitative estimate of drug-likeness (QED) is 0.712. The monoisotopic (exact) mass is 212 g/mol. The Hall–Kier alpha value is -0.120. The number of hydrogen-bond donors (Lipinski definition) is 2. The van der Waals surface area contributed by atoms with Gasteiger partial charge in [-0.2, -0.15) is 0 Å². The first-order chi connectivity index (χ1) is 7.05. The van der Waals surface area contributed by atoms with Gasteiger partial charge in [0.2, 0.25) is 0 Å². The second-order valence-corrected chi connectivity index (χ2v) is 6.00. The molecule has 2 aliphatic rings. The molecule has 0 saturated carbocycles. The van der Waals surface area contributed by atoms with E-state index in [0.717, 1.165) is 19.5 Å². The van der Waals surface area contributed by atoms with Crippen LogP contribution in [0.4, 0.5) is 0 Å². The zero-order chi connectivity index (χ0) is 10.9. The minimum absolute atomic E-state index is 0.118. The molecule has 2 aliphatic heterocycles. The van der Waals surface area contributed by atoms with E-state index in [1.54, 1.807) is 0 Å². The van der Waals surface area contributed by atoms with E-state index in [9.17, 15) is 5.11 Å². The average molecular weight is 212 g/mol. The predicted molar refractivity (Wildman–Crippen MR) is 61.9 cm³/mol. The van der Waals surface area contributed by atoms with Crippen LogP contribution in [0.5, 0.6) is 0 Å². The third-order valence-electron chi connectivity index (χ3n) is 3.66. The molecule has 0 spiro atoms. The highest BCUT2D eigenvalue weighted by atomic mass is 16.3. The minimum atomic E-state index is -0.118. The molecule has 0 aromatic heterocycles. The summed E-state index contributed by atoms with van der Waals surface area (Å²) in [5.41, 5.74) is 0.482. The first-order valence-corrected chi connectivity index (χ1v) is 6.19. The maximum Gasteiger partial charge on any atom is 0.0680 e. The van der Waals surface area contributed by atoms with Crippen molar-refractivity contribution in [3.63, 3.8) is 0 Å². The fourth-order valence-corrected chi connectivity index (χ4v) is 2.95. The normalized spacial score (nSPS) is 37.0. The lowest BCUT2D eigenvalue weighted by atomic mass is 9.84. The highest BCUT2D eigenvalue weighted by Crippen LogP contribution is 2.28. The lowest BCUT2D eigenvalue weighted by Crippen LogP contribution is -2.45. The molecule has 3 heteroatoms. The van der Waals surface area contributed by atoms with Crippen molar-refractivity contribution in [1.29, 1.82) is 0 Å². The third kappa shape index (κ3) is 3.16. The van der Waals surface area contributed by atoms with Gasteiger partial charge in [-0.25, -0.2) is 0 Å². The molecule has 3 nitrogen and oxygen atoms in total. The number of piperidine rings is 1. The fraction of sp³-hybridized carbons (Fsp3) is 1.00. The van der Waals surface area contributed by atoms with E-state index in [1.807, 2.05) is 0 Å². The van der Waals surface area contributed by atoms with Crippen molar-refractivity contribution in [2.24, 2.45) is 5.41 Å². The topological polar surface area (TPSA) is 35.5 Å². The number of β-amino-alcohol motifs (C(OH)–C–C–N with tert-alkyl or cyclic N) is 1. The zero-order valence-corrected chi connectivity index (χ0v) is 10.00. The largest absolute Gasteiger partial charge is 0.392 e. The predicted octanol–water partition coefficient (Wildman–Crippen LogP) is 0.831. The Kier molecular flexibility index (Phi) is 3.33. The second-order valence-electron chi connectivity index (χ2n) is 6.00. The second kappa shape index (κ2) is 4.40. The summed E-state index contributed by atoms with van der Waals surface area (Å²) in [6.07, 6.45) is 3.48. The number of hydrogen-bond acceptors (Lipinski definition) is 3. The standard InChI is InChI=1S/C12H24N2O/c1-12(2)4-3-5-14(9-12)8-10-6-11(15)7-13-10/h10-11,13,15H,3-9H2,1-2H3. The van der Waals surface area contributed by atoms with Crippen molar-refractivity contribution in [2.75, 3.05) is 26.2 Å². The Labute approximate surface area is 92.8 Å². The Bertz CT molecular complexity index is 218. The molecule has 2 rings (SSSR count). The molecular weight excluding hydrogens is 188 g/mol. The van der Waals surface area contributed by atoms with Crippen molar-refractivity contribution in [3.8, 4) is 0 Å². The van der Waals surface area contributed by atoms with Gasteiger partial charge in [0.15, 0.2) is 0 Å². The van der Waals surface area contributed by atoms with E-state index in [2.05, 4.69) is 24.1 Å². The molecule has 2 fully saturated rings. The summed E-state index contributed by atoms with van der Waals surface area (Å²) in [7, 11) is 0. The van der Waals surface area contributed by atoms with Crippen LogP contribution < -0.4 is 5.32 Å². The number of aliphatic hydroxyl groups is 1. The number of rotatable bonds is 2. The van der Waals surface area contributed by atoms with E-state index < -0.39 is 0 Å². The fourth-order valence-electron chi connectivity index (χ4n) is 2.95. The van der Waals surface area contributed by atoms with Crippen LogP contribution in [0.2, 0.25) is 0 Å². The molecule has 0 amide bonds. The SMILES string of the molecule is CC1(C)CCCN(CC2CC(O)CN2)C1. The molecule has 2 atom stereocenters. The molecular formula is C12H24N2O. The Morgan fingerprint density at radius 2 is 2.27 bits per heavy atom. The molecule has 0 aliphatic carbocycles. The van der Waals surface area contributed by atoms with Crippen LogP contribution >= 0.6 is 0 Å². The lowest BCUT2D eigenvalue weighted by Gasteiger charge is -2.39. The van der Waals surface area contributed by atoms with Crippen LogP contribution in [0, 0.1) is 5.41 Å². The molecule has 2 N–H and O–H groups in total. The van der Waals surface area contributed by atoms with E-state index in [1.165, 1.54) is 25.9 Å². The number of likely N-dealkylation sites (tertiary alicyclic amines) is 1. The van der Waals surface area contributed by atoms with Gasteiger partial charge >= 0.3 is 0 Å². The highest BCUT2D eigenvalue weighted by molar-refractivity contribution is 4.87. The first-order valence-electron chi connectivity index (χ1n) is 6.19. The van der Waals surface area contributed by atoms with Gasteiger partial charge in [0.05, 0.1) is 6.10 Å². The van der Waals surface area contributed by atoms with Gasteiger partial charge < -0.3 is 15.3 Å². The van der Waals surface area contributed by atoms with Crippen molar-refractivity contribution in [1.82, 2.24) is 10.2 Å². The minimum Gasteiger partial charge on any atom is -0.392 e. The molecule has 2 saturated heterocycles. The molecule has 0 aromatic carbocycles. The van der Waals surface area contributed by atoms with Crippen molar-refractivity contribution in [2.45, 2.75) is 45.3 Å². The van der Waals surface area contributed by atoms with Crippen LogP contribution in [-0.2, 0) is 0 Å². The van der Waals surface area contributed by atoms with Gasteiger partial charge in [0.25, 0.3) is 0 Å². The van der Waals surface area contributed by atoms with Gasteiger partial charge in [0.1, 0.15) is 0 Å². The van der Waals surface area contributed by atoms with Crippen LogP contribution in [0.1, 0.15) is 33.1 Å².